The Hall–Kier alpha value is -1.58. The van der Waals surface area contributed by atoms with Gasteiger partial charge in [-0.3, -0.25) is 4.79 Å². The molecule has 1 aromatic rings. The van der Waals surface area contributed by atoms with Crippen molar-refractivity contribution >= 4 is 5.97 Å². The fourth-order valence-corrected chi connectivity index (χ4v) is 1.33. The minimum absolute atomic E-state index is 0.264. The SMILES string of the molecule is COC(=O)C(C)(C)CCOc1ccc(F)cc1. The molecule has 0 atom stereocenters. The smallest absolute Gasteiger partial charge is 0.311 e. The lowest BCUT2D eigenvalue weighted by atomic mass is 9.90. The lowest BCUT2D eigenvalue weighted by Gasteiger charge is -2.21. The lowest BCUT2D eigenvalue weighted by molar-refractivity contribution is -0.151. The summed E-state index contributed by atoms with van der Waals surface area (Å²) >= 11 is 0. The van der Waals surface area contributed by atoms with Crippen LogP contribution in [0.3, 0.4) is 0 Å². The van der Waals surface area contributed by atoms with Crippen LogP contribution in [0, 0.1) is 11.2 Å². The van der Waals surface area contributed by atoms with Gasteiger partial charge in [-0.15, -0.1) is 0 Å². The molecule has 0 radical (unpaired) electrons. The van der Waals surface area contributed by atoms with E-state index < -0.39 is 5.41 Å². The molecule has 0 aliphatic rings. The quantitative estimate of drug-likeness (QED) is 0.742. The minimum Gasteiger partial charge on any atom is -0.494 e. The summed E-state index contributed by atoms with van der Waals surface area (Å²) in [5.41, 5.74) is -0.575. The molecule has 0 saturated carbocycles. The Balaban J connectivity index is 2.42. The van der Waals surface area contributed by atoms with Gasteiger partial charge in [0.25, 0.3) is 0 Å². The van der Waals surface area contributed by atoms with E-state index in [-0.39, 0.29) is 11.8 Å². The van der Waals surface area contributed by atoms with Gasteiger partial charge in [-0.1, -0.05) is 0 Å². The van der Waals surface area contributed by atoms with Crippen molar-refractivity contribution in [3.63, 3.8) is 0 Å². The second-order valence-electron chi connectivity index (χ2n) is 4.43. The Morgan fingerprint density at radius 1 is 1.29 bits per heavy atom. The molecule has 0 saturated heterocycles. The lowest BCUT2D eigenvalue weighted by Crippen LogP contribution is -2.27. The number of hydrogen-bond donors (Lipinski definition) is 0. The molecule has 1 aromatic carbocycles. The molecule has 0 aliphatic heterocycles. The van der Waals surface area contributed by atoms with E-state index in [0.29, 0.717) is 18.8 Å². The second-order valence-corrected chi connectivity index (χ2v) is 4.43. The maximum absolute atomic E-state index is 12.6. The summed E-state index contributed by atoms with van der Waals surface area (Å²) in [4.78, 5) is 11.4. The molecule has 1 rings (SSSR count). The Labute approximate surface area is 101 Å². The Bertz CT molecular complexity index is 371. The van der Waals surface area contributed by atoms with E-state index in [1.54, 1.807) is 26.0 Å². The van der Waals surface area contributed by atoms with Crippen molar-refractivity contribution in [2.75, 3.05) is 13.7 Å². The van der Waals surface area contributed by atoms with E-state index >= 15 is 0 Å². The van der Waals surface area contributed by atoms with Gasteiger partial charge in [0.15, 0.2) is 0 Å². The summed E-state index contributed by atoms with van der Waals surface area (Å²) in [5.74, 6) is 0.0273. The van der Waals surface area contributed by atoms with E-state index in [2.05, 4.69) is 4.74 Å². The van der Waals surface area contributed by atoms with Gasteiger partial charge >= 0.3 is 5.97 Å². The highest BCUT2D eigenvalue weighted by Crippen LogP contribution is 2.22. The van der Waals surface area contributed by atoms with Crippen molar-refractivity contribution in [1.82, 2.24) is 0 Å². The summed E-state index contributed by atoms with van der Waals surface area (Å²) in [6, 6.07) is 5.78. The highest BCUT2D eigenvalue weighted by atomic mass is 19.1. The Morgan fingerprint density at radius 3 is 2.41 bits per heavy atom. The van der Waals surface area contributed by atoms with E-state index in [1.165, 1.54) is 19.2 Å². The zero-order valence-corrected chi connectivity index (χ0v) is 10.3. The van der Waals surface area contributed by atoms with Gasteiger partial charge in [-0.05, 0) is 44.5 Å². The maximum atomic E-state index is 12.6. The largest absolute Gasteiger partial charge is 0.494 e. The van der Waals surface area contributed by atoms with Crippen LogP contribution in [0.25, 0.3) is 0 Å². The number of methoxy groups -OCH3 is 1. The first-order valence-corrected chi connectivity index (χ1v) is 5.42. The number of rotatable bonds is 5. The predicted octanol–water partition coefficient (Wildman–Crippen LogP) is 2.79. The van der Waals surface area contributed by atoms with Crippen molar-refractivity contribution in [1.29, 1.82) is 0 Å². The van der Waals surface area contributed by atoms with Crippen LogP contribution < -0.4 is 4.74 Å². The molecule has 17 heavy (non-hydrogen) atoms. The average Bonchev–Trinajstić information content (AvgIpc) is 2.30. The Morgan fingerprint density at radius 2 is 1.88 bits per heavy atom. The first-order valence-electron chi connectivity index (χ1n) is 5.42. The molecule has 0 spiro atoms. The van der Waals surface area contributed by atoms with E-state index in [0.717, 1.165) is 0 Å². The fraction of sp³-hybridized carbons (Fsp3) is 0.462. The van der Waals surface area contributed by atoms with Gasteiger partial charge in [-0.25, -0.2) is 4.39 Å². The van der Waals surface area contributed by atoms with Crippen LogP contribution in [-0.2, 0) is 9.53 Å². The molecule has 94 valence electrons. The monoisotopic (exact) mass is 240 g/mol. The second kappa shape index (κ2) is 5.66. The summed E-state index contributed by atoms with van der Waals surface area (Å²) in [6.07, 6.45) is 0.539. The first-order chi connectivity index (χ1) is 7.95. The third-order valence-electron chi connectivity index (χ3n) is 2.55. The summed E-state index contributed by atoms with van der Waals surface area (Å²) in [5, 5.41) is 0. The predicted molar refractivity (Wildman–Crippen MR) is 62.3 cm³/mol. The number of ether oxygens (including phenoxy) is 2. The normalized spacial score (nSPS) is 11.1. The number of carbonyl (C=O) groups is 1. The fourth-order valence-electron chi connectivity index (χ4n) is 1.33. The zero-order valence-electron chi connectivity index (χ0n) is 10.3. The highest BCUT2D eigenvalue weighted by molar-refractivity contribution is 5.75. The van der Waals surface area contributed by atoms with E-state index in [9.17, 15) is 9.18 Å². The molecule has 0 aromatic heterocycles. The van der Waals surface area contributed by atoms with Gasteiger partial charge in [0.1, 0.15) is 11.6 Å². The van der Waals surface area contributed by atoms with Crippen LogP contribution in [0.15, 0.2) is 24.3 Å². The topological polar surface area (TPSA) is 35.5 Å². The molecular formula is C13H17FO3. The summed E-state index contributed by atoms with van der Waals surface area (Å²) < 4.78 is 22.7. The van der Waals surface area contributed by atoms with Gasteiger partial charge in [0.05, 0.1) is 19.1 Å². The molecular weight excluding hydrogens is 223 g/mol. The van der Waals surface area contributed by atoms with Gasteiger partial charge in [0.2, 0.25) is 0 Å². The summed E-state index contributed by atoms with van der Waals surface area (Å²) in [7, 11) is 1.37. The van der Waals surface area contributed by atoms with Crippen molar-refractivity contribution in [3.05, 3.63) is 30.1 Å². The molecule has 0 bridgehead atoms. The number of benzene rings is 1. The van der Waals surface area contributed by atoms with Crippen LogP contribution in [0.2, 0.25) is 0 Å². The van der Waals surface area contributed by atoms with Crippen LogP contribution in [0.1, 0.15) is 20.3 Å². The number of carbonyl (C=O) groups excluding carboxylic acids is 1. The van der Waals surface area contributed by atoms with Crippen molar-refractivity contribution in [2.45, 2.75) is 20.3 Å². The molecule has 3 nitrogen and oxygen atoms in total. The van der Waals surface area contributed by atoms with Gasteiger partial charge in [0, 0.05) is 0 Å². The number of halogens is 1. The molecule has 4 heteroatoms. The van der Waals surface area contributed by atoms with Crippen molar-refractivity contribution in [3.8, 4) is 5.75 Å². The van der Waals surface area contributed by atoms with E-state index in [4.69, 9.17) is 4.74 Å². The van der Waals surface area contributed by atoms with Gasteiger partial charge in [-0.2, -0.15) is 0 Å². The van der Waals surface area contributed by atoms with Crippen LogP contribution in [0.4, 0.5) is 4.39 Å². The van der Waals surface area contributed by atoms with Crippen LogP contribution in [-0.4, -0.2) is 19.7 Å². The molecule has 0 amide bonds. The minimum atomic E-state index is -0.575. The third kappa shape index (κ3) is 4.06. The molecule has 0 fully saturated rings. The summed E-state index contributed by atoms with van der Waals surface area (Å²) in [6.45, 7) is 3.98. The molecule has 0 N–H and O–H groups in total. The first kappa shape index (κ1) is 13.5. The molecule has 0 aliphatic carbocycles. The number of hydrogen-bond acceptors (Lipinski definition) is 3. The van der Waals surface area contributed by atoms with Crippen LogP contribution >= 0.6 is 0 Å². The molecule has 0 unspecified atom stereocenters. The average molecular weight is 240 g/mol. The van der Waals surface area contributed by atoms with Crippen molar-refractivity contribution in [2.24, 2.45) is 5.41 Å². The van der Waals surface area contributed by atoms with Gasteiger partial charge < -0.3 is 9.47 Å². The third-order valence-corrected chi connectivity index (χ3v) is 2.55. The zero-order chi connectivity index (χ0) is 12.9. The van der Waals surface area contributed by atoms with E-state index in [1.807, 2.05) is 0 Å². The maximum Gasteiger partial charge on any atom is 0.311 e. The number of esters is 1. The molecule has 0 heterocycles. The van der Waals surface area contributed by atoms with Crippen molar-refractivity contribution < 1.29 is 18.7 Å². The Kier molecular flexibility index (Phi) is 4.49. The van der Waals surface area contributed by atoms with Crippen LogP contribution in [0.5, 0.6) is 5.75 Å². The highest BCUT2D eigenvalue weighted by Gasteiger charge is 2.28. The standard InChI is InChI=1S/C13H17FO3/c1-13(2,12(15)16-3)8-9-17-11-6-4-10(14)5-7-11/h4-7H,8-9H2,1-3H3.